The smallest absolute Gasteiger partial charge is 0.274 e. The first kappa shape index (κ1) is 14.2. The Morgan fingerprint density at radius 1 is 1.23 bits per heavy atom. The van der Waals surface area contributed by atoms with Crippen LogP contribution in [-0.4, -0.2) is 28.1 Å². The van der Waals surface area contributed by atoms with Crippen LogP contribution in [0.4, 0.5) is 0 Å². The van der Waals surface area contributed by atoms with Crippen molar-refractivity contribution < 1.29 is 14.3 Å². The summed E-state index contributed by atoms with van der Waals surface area (Å²) < 4.78 is 5.38. The van der Waals surface area contributed by atoms with Crippen LogP contribution in [0.1, 0.15) is 54.2 Å². The lowest BCUT2D eigenvalue weighted by atomic mass is 9.48. The zero-order valence-electron chi connectivity index (χ0n) is 13.3. The van der Waals surface area contributed by atoms with Crippen LogP contribution in [0.3, 0.4) is 0 Å². The number of aryl methyl sites for hydroxylation is 2. The topological polar surface area (TPSA) is 75.4 Å². The number of aliphatic hydroxyl groups excluding tert-OH is 1. The maximum absolute atomic E-state index is 12.7. The van der Waals surface area contributed by atoms with Crippen LogP contribution in [0, 0.1) is 37.5 Å². The van der Waals surface area contributed by atoms with Crippen LogP contribution in [0.15, 0.2) is 4.42 Å². The molecule has 0 aromatic carbocycles. The Morgan fingerprint density at radius 3 is 2.27 bits per heavy atom. The van der Waals surface area contributed by atoms with E-state index in [0.29, 0.717) is 29.2 Å². The molecule has 1 amide bonds. The van der Waals surface area contributed by atoms with Gasteiger partial charge in [-0.25, -0.2) is 4.98 Å². The fraction of sp³-hybridized carbons (Fsp3) is 0.765. The molecule has 0 spiro atoms. The highest BCUT2D eigenvalue weighted by molar-refractivity contribution is 5.93. The molecule has 5 rings (SSSR count). The number of nitrogens with one attached hydrogen (secondary N) is 1. The standard InChI is InChI=1S/C17H24N2O3/c1-9-15(18-10(2)22-9)16(21)19-17(8-20)13-4-11-3-12(6-13)7-14(17)5-11/h11-14,20H,3-8H2,1-2H3,(H,19,21). The van der Waals surface area contributed by atoms with Crippen LogP contribution in [0.5, 0.6) is 0 Å². The molecular formula is C17H24N2O3. The number of carbonyl (C=O) groups is 1. The van der Waals surface area contributed by atoms with E-state index in [0.717, 1.165) is 37.5 Å². The molecule has 1 aromatic rings. The quantitative estimate of drug-likeness (QED) is 0.897. The third kappa shape index (κ3) is 1.94. The van der Waals surface area contributed by atoms with Gasteiger partial charge in [0.05, 0.1) is 12.1 Å². The Kier molecular flexibility index (Phi) is 3.12. The van der Waals surface area contributed by atoms with Gasteiger partial charge in [-0.3, -0.25) is 4.79 Å². The van der Waals surface area contributed by atoms with Gasteiger partial charge in [-0.1, -0.05) is 0 Å². The number of aliphatic hydroxyl groups is 1. The zero-order valence-corrected chi connectivity index (χ0v) is 13.3. The number of rotatable bonds is 3. The number of hydrogen-bond acceptors (Lipinski definition) is 4. The third-order valence-electron chi connectivity index (χ3n) is 6.32. The maximum atomic E-state index is 12.7. The van der Waals surface area contributed by atoms with Gasteiger partial charge in [0, 0.05) is 6.92 Å². The lowest BCUT2D eigenvalue weighted by Gasteiger charge is -2.60. The predicted octanol–water partition coefficient (Wildman–Crippen LogP) is 2.21. The summed E-state index contributed by atoms with van der Waals surface area (Å²) in [5.41, 5.74) is -0.0943. The first-order valence-corrected chi connectivity index (χ1v) is 8.39. The fourth-order valence-electron chi connectivity index (χ4n) is 5.54. The second-order valence-corrected chi connectivity index (χ2v) is 7.59. The summed E-state index contributed by atoms with van der Waals surface area (Å²) in [6, 6.07) is 0. The van der Waals surface area contributed by atoms with Crippen molar-refractivity contribution in [3.63, 3.8) is 0 Å². The van der Waals surface area contributed by atoms with Crippen molar-refractivity contribution in [2.45, 2.75) is 51.5 Å². The van der Waals surface area contributed by atoms with Crippen molar-refractivity contribution in [2.75, 3.05) is 6.61 Å². The minimum absolute atomic E-state index is 0.0311. The molecule has 0 radical (unpaired) electrons. The van der Waals surface area contributed by atoms with Crippen LogP contribution in [0.2, 0.25) is 0 Å². The number of aromatic nitrogens is 1. The van der Waals surface area contributed by atoms with Crippen molar-refractivity contribution in [1.29, 1.82) is 0 Å². The normalized spacial score (nSPS) is 39.2. The highest BCUT2D eigenvalue weighted by Gasteiger charge is 2.57. The molecule has 4 saturated carbocycles. The molecule has 22 heavy (non-hydrogen) atoms. The van der Waals surface area contributed by atoms with Crippen molar-refractivity contribution in [2.24, 2.45) is 23.7 Å². The minimum atomic E-state index is -0.455. The molecule has 1 aromatic heterocycles. The number of hydrogen-bond donors (Lipinski definition) is 2. The van der Waals surface area contributed by atoms with E-state index in [1.165, 1.54) is 6.42 Å². The van der Waals surface area contributed by atoms with E-state index in [9.17, 15) is 9.90 Å². The predicted molar refractivity (Wildman–Crippen MR) is 80.3 cm³/mol. The van der Waals surface area contributed by atoms with E-state index in [1.54, 1.807) is 13.8 Å². The van der Waals surface area contributed by atoms with Crippen LogP contribution in [0.25, 0.3) is 0 Å². The number of carbonyl (C=O) groups excluding carboxylic acids is 1. The maximum Gasteiger partial charge on any atom is 0.274 e. The molecule has 4 bridgehead atoms. The van der Waals surface area contributed by atoms with Crippen molar-refractivity contribution in [3.05, 3.63) is 17.3 Å². The Hall–Kier alpha value is -1.36. The van der Waals surface area contributed by atoms with Gasteiger partial charge in [-0.05, 0) is 62.7 Å². The number of nitrogens with zero attached hydrogens (tertiary/aromatic N) is 1. The Bertz CT molecular complexity index is 579. The molecule has 4 fully saturated rings. The van der Waals surface area contributed by atoms with Gasteiger partial charge in [-0.2, -0.15) is 0 Å². The fourth-order valence-corrected chi connectivity index (χ4v) is 5.54. The molecule has 5 heteroatoms. The summed E-state index contributed by atoms with van der Waals surface area (Å²) >= 11 is 0. The van der Waals surface area contributed by atoms with Crippen molar-refractivity contribution in [3.8, 4) is 0 Å². The average Bonchev–Trinajstić information content (AvgIpc) is 2.81. The van der Waals surface area contributed by atoms with Crippen LogP contribution >= 0.6 is 0 Å². The molecular weight excluding hydrogens is 280 g/mol. The van der Waals surface area contributed by atoms with Gasteiger partial charge in [-0.15, -0.1) is 0 Å². The Labute approximate surface area is 130 Å². The molecule has 4 aliphatic rings. The molecule has 2 N–H and O–H groups in total. The van der Waals surface area contributed by atoms with E-state index in [2.05, 4.69) is 10.3 Å². The van der Waals surface area contributed by atoms with E-state index < -0.39 is 5.54 Å². The van der Waals surface area contributed by atoms with Gasteiger partial charge in [0.2, 0.25) is 0 Å². The SMILES string of the molecule is Cc1nc(C(=O)NC2(CO)C3CC4CC(C3)CC2C4)c(C)o1. The van der Waals surface area contributed by atoms with Gasteiger partial charge in [0.25, 0.3) is 5.91 Å². The molecule has 0 saturated heterocycles. The summed E-state index contributed by atoms with van der Waals surface area (Å²) in [5, 5.41) is 13.3. The molecule has 0 atom stereocenters. The lowest BCUT2D eigenvalue weighted by Crippen LogP contribution is -2.68. The third-order valence-corrected chi connectivity index (χ3v) is 6.32. The van der Waals surface area contributed by atoms with E-state index in [1.807, 2.05) is 0 Å². The molecule has 0 unspecified atom stereocenters. The summed E-state index contributed by atoms with van der Waals surface area (Å²) in [5.74, 6) is 3.27. The average molecular weight is 304 g/mol. The van der Waals surface area contributed by atoms with E-state index >= 15 is 0 Å². The van der Waals surface area contributed by atoms with Gasteiger partial charge in [0.1, 0.15) is 5.76 Å². The monoisotopic (exact) mass is 304 g/mol. The minimum Gasteiger partial charge on any atom is -0.445 e. The lowest BCUT2D eigenvalue weighted by molar-refractivity contribution is -0.0903. The first-order chi connectivity index (χ1) is 10.5. The molecule has 1 heterocycles. The van der Waals surface area contributed by atoms with Gasteiger partial charge >= 0.3 is 0 Å². The molecule has 120 valence electrons. The number of amides is 1. The summed E-state index contributed by atoms with van der Waals surface area (Å²) in [7, 11) is 0. The van der Waals surface area contributed by atoms with Gasteiger partial charge < -0.3 is 14.8 Å². The second-order valence-electron chi connectivity index (χ2n) is 7.59. The highest BCUT2D eigenvalue weighted by atomic mass is 16.4. The van der Waals surface area contributed by atoms with Crippen molar-refractivity contribution in [1.82, 2.24) is 10.3 Å². The first-order valence-electron chi connectivity index (χ1n) is 8.39. The van der Waals surface area contributed by atoms with E-state index in [4.69, 9.17) is 4.42 Å². The summed E-state index contributed by atoms with van der Waals surface area (Å²) in [4.78, 5) is 16.9. The van der Waals surface area contributed by atoms with Crippen LogP contribution < -0.4 is 5.32 Å². The molecule has 5 nitrogen and oxygen atoms in total. The van der Waals surface area contributed by atoms with Crippen LogP contribution in [-0.2, 0) is 0 Å². The van der Waals surface area contributed by atoms with E-state index in [-0.39, 0.29) is 12.5 Å². The summed E-state index contributed by atoms with van der Waals surface area (Å²) in [6.45, 7) is 3.54. The second kappa shape index (κ2) is 4.82. The molecule has 0 aliphatic heterocycles. The van der Waals surface area contributed by atoms with Crippen molar-refractivity contribution >= 4 is 5.91 Å². The largest absolute Gasteiger partial charge is 0.445 e. The zero-order chi connectivity index (χ0) is 15.5. The summed E-state index contributed by atoms with van der Waals surface area (Å²) in [6.07, 6.45) is 5.93. The number of oxazole rings is 1. The Balaban J connectivity index is 1.62. The van der Waals surface area contributed by atoms with Gasteiger partial charge in [0.15, 0.2) is 11.6 Å². The highest BCUT2D eigenvalue weighted by Crippen LogP contribution is 2.58. The Morgan fingerprint density at radius 2 is 1.82 bits per heavy atom. The molecule has 4 aliphatic carbocycles.